The SMILES string of the molecule is CCCC(=O)Nc1ccc(OCC(=O)NCCC2=CCCCC2)c(C(C)=O)c1. The van der Waals surface area contributed by atoms with Crippen molar-refractivity contribution in [2.45, 2.75) is 58.8 Å². The molecule has 1 aromatic carbocycles. The fraction of sp³-hybridized carbons (Fsp3) is 0.500. The molecule has 1 aliphatic carbocycles. The summed E-state index contributed by atoms with van der Waals surface area (Å²) < 4.78 is 5.55. The van der Waals surface area contributed by atoms with Crippen molar-refractivity contribution < 1.29 is 19.1 Å². The topological polar surface area (TPSA) is 84.5 Å². The number of hydrogen-bond donors (Lipinski definition) is 2. The molecule has 28 heavy (non-hydrogen) atoms. The van der Waals surface area contributed by atoms with Gasteiger partial charge in [-0.25, -0.2) is 0 Å². The number of benzene rings is 1. The number of rotatable bonds is 10. The monoisotopic (exact) mass is 386 g/mol. The van der Waals surface area contributed by atoms with Crippen LogP contribution in [0.15, 0.2) is 29.8 Å². The molecule has 0 fully saturated rings. The van der Waals surface area contributed by atoms with Gasteiger partial charge in [-0.2, -0.15) is 0 Å². The van der Waals surface area contributed by atoms with Crippen molar-refractivity contribution in [3.63, 3.8) is 0 Å². The van der Waals surface area contributed by atoms with Crippen LogP contribution in [0.1, 0.15) is 69.2 Å². The normalized spacial score (nSPS) is 13.4. The largest absolute Gasteiger partial charge is 0.483 e. The maximum absolute atomic E-state index is 12.0. The van der Waals surface area contributed by atoms with Gasteiger partial charge in [0.15, 0.2) is 12.4 Å². The Kier molecular flexibility index (Phi) is 8.72. The van der Waals surface area contributed by atoms with Crippen molar-refractivity contribution in [3.8, 4) is 5.75 Å². The lowest BCUT2D eigenvalue weighted by molar-refractivity contribution is -0.123. The lowest BCUT2D eigenvalue weighted by Gasteiger charge is -2.14. The van der Waals surface area contributed by atoms with E-state index < -0.39 is 0 Å². The molecule has 2 rings (SSSR count). The van der Waals surface area contributed by atoms with Gasteiger partial charge in [-0.3, -0.25) is 14.4 Å². The molecular formula is C22H30N2O4. The number of ether oxygens (including phenoxy) is 1. The Morgan fingerprint density at radius 1 is 1.14 bits per heavy atom. The number of amides is 2. The maximum atomic E-state index is 12.0. The highest BCUT2D eigenvalue weighted by Gasteiger charge is 2.13. The van der Waals surface area contributed by atoms with Crippen molar-refractivity contribution in [3.05, 3.63) is 35.4 Å². The molecule has 0 heterocycles. The minimum Gasteiger partial charge on any atom is -0.483 e. The second kappa shape index (κ2) is 11.3. The third-order valence-electron chi connectivity index (χ3n) is 4.63. The number of allylic oxidation sites excluding steroid dienone is 1. The zero-order valence-electron chi connectivity index (χ0n) is 16.8. The molecule has 0 saturated heterocycles. The van der Waals surface area contributed by atoms with Gasteiger partial charge in [0.25, 0.3) is 5.91 Å². The van der Waals surface area contributed by atoms with E-state index in [1.807, 2.05) is 6.92 Å². The Bertz CT molecular complexity index is 740. The van der Waals surface area contributed by atoms with E-state index in [1.54, 1.807) is 18.2 Å². The number of carbonyl (C=O) groups excluding carboxylic acids is 3. The Hall–Kier alpha value is -2.63. The third kappa shape index (κ3) is 7.18. The molecule has 1 aromatic rings. The van der Waals surface area contributed by atoms with Crippen LogP contribution in [0.4, 0.5) is 5.69 Å². The van der Waals surface area contributed by atoms with Crippen LogP contribution in [0.25, 0.3) is 0 Å². The Labute approximate surface area is 166 Å². The summed E-state index contributed by atoms with van der Waals surface area (Å²) in [6, 6.07) is 4.86. The molecular weight excluding hydrogens is 356 g/mol. The molecule has 0 spiro atoms. The fourth-order valence-electron chi connectivity index (χ4n) is 3.15. The van der Waals surface area contributed by atoms with Gasteiger partial charge in [0, 0.05) is 18.7 Å². The Morgan fingerprint density at radius 3 is 2.64 bits per heavy atom. The number of nitrogens with one attached hydrogen (secondary N) is 2. The van der Waals surface area contributed by atoms with E-state index in [2.05, 4.69) is 16.7 Å². The van der Waals surface area contributed by atoms with Gasteiger partial charge >= 0.3 is 0 Å². The van der Waals surface area contributed by atoms with Crippen molar-refractivity contribution in [1.29, 1.82) is 0 Å². The lowest BCUT2D eigenvalue weighted by Crippen LogP contribution is -2.30. The zero-order chi connectivity index (χ0) is 20.4. The smallest absolute Gasteiger partial charge is 0.257 e. The van der Waals surface area contributed by atoms with Crippen LogP contribution in [-0.4, -0.2) is 30.7 Å². The van der Waals surface area contributed by atoms with Crippen molar-refractivity contribution >= 4 is 23.3 Å². The molecule has 0 unspecified atom stereocenters. The summed E-state index contributed by atoms with van der Waals surface area (Å²) in [7, 11) is 0. The van der Waals surface area contributed by atoms with E-state index in [-0.39, 0.29) is 24.2 Å². The summed E-state index contributed by atoms with van der Waals surface area (Å²) in [4.78, 5) is 35.7. The van der Waals surface area contributed by atoms with E-state index in [1.165, 1.54) is 25.3 Å². The van der Waals surface area contributed by atoms with Crippen LogP contribution in [0, 0.1) is 0 Å². The van der Waals surface area contributed by atoms with Crippen LogP contribution in [0.3, 0.4) is 0 Å². The van der Waals surface area contributed by atoms with Gasteiger partial charge < -0.3 is 15.4 Å². The molecule has 0 aliphatic heterocycles. The molecule has 0 radical (unpaired) electrons. The molecule has 1 aliphatic rings. The van der Waals surface area contributed by atoms with Gasteiger partial charge in [0.1, 0.15) is 5.75 Å². The highest BCUT2D eigenvalue weighted by molar-refractivity contribution is 5.99. The summed E-state index contributed by atoms with van der Waals surface area (Å²) >= 11 is 0. The second-order valence-electron chi connectivity index (χ2n) is 7.06. The molecule has 152 valence electrons. The highest BCUT2D eigenvalue weighted by Crippen LogP contribution is 2.24. The van der Waals surface area contributed by atoms with Crippen molar-refractivity contribution in [2.75, 3.05) is 18.5 Å². The van der Waals surface area contributed by atoms with Gasteiger partial charge in [-0.15, -0.1) is 0 Å². The zero-order valence-corrected chi connectivity index (χ0v) is 16.8. The average molecular weight is 386 g/mol. The van der Waals surface area contributed by atoms with E-state index >= 15 is 0 Å². The molecule has 2 amide bonds. The first-order valence-electron chi connectivity index (χ1n) is 10.0. The Balaban J connectivity index is 1.86. The maximum Gasteiger partial charge on any atom is 0.257 e. The van der Waals surface area contributed by atoms with Crippen LogP contribution < -0.4 is 15.4 Å². The van der Waals surface area contributed by atoms with Crippen LogP contribution in [0.5, 0.6) is 5.75 Å². The first-order valence-corrected chi connectivity index (χ1v) is 10.0. The number of anilines is 1. The van der Waals surface area contributed by atoms with Gasteiger partial charge in [0.2, 0.25) is 5.91 Å². The van der Waals surface area contributed by atoms with E-state index in [0.29, 0.717) is 30.0 Å². The summed E-state index contributed by atoms with van der Waals surface area (Å²) in [5.41, 5.74) is 2.29. The first-order chi connectivity index (χ1) is 13.5. The number of carbonyl (C=O) groups is 3. The number of Topliss-reactive ketones (excluding diaryl/α,β-unsaturated/α-hetero) is 1. The predicted molar refractivity (Wildman–Crippen MR) is 110 cm³/mol. The average Bonchev–Trinajstić information content (AvgIpc) is 2.68. The molecule has 0 atom stereocenters. The van der Waals surface area contributed by atoms with Crippen molar-refractivity contribution in [2.24, 2.45) is 0 Å². The number of ketones is 1. The molecule has 6 nitrogen and oxygen atoms in total. The molecule has 2 N–H and O–H groups in total. The summed E-state index contributed by atoms with van der Waals surface area (Å²) in [5.74, 6) is -0.165. The van der Waals surface area contributed by atoms with Crippen LogP contribution in [-0.2, 0) is 9.59 Å². The molecule has 0 aromatic heterocycles. The van der Waals surface area contributed by atoms with Gasteiger partial charge in [-0.1, -0.05) is 18.6 Å². The minimum atomic E-state index is -0.216. The van der Waals surface area contributed by atoms with Gasteiger partial charge in [-0.05, 0) is 63.6 Å². The highest BCUT2D eigenvalue weighted by atomic mass is 16.5. The fourth-order valence-corrected chi connectivity index (χ4v) is 3.15. The second-order valence-corrected chi connectivity index (χ2v) is 7.06. The number of hydrogen-bond acceptors (Lipinski definition) is 4. The molecule has 6 heteroatoms. The standard InChI is InChI=1S/C22H30N2O4/c1-3-7-21(26)24-18-10-11-20(19(14-18)16(2)25)28-15-22(27)23-13-12-17-8-5-4-6-9-17/h8,10-11,14H,3-7,9,12-13,15H2,1-2H3,(H,23,27)(H,24,26). The summed E-state index contributed by atoms with van der Waals surface area (Å²) in [6.45, 7) is 3.79. The van der Waals surface area contributed by atoms with E-state index in [0.717, 1.165) is 25.7 Å². The molecule has 0 bridgehead atoms. The van der Waals surface area contributed by atoms with Crippen LogP contribution in [0.2, 0.25) is 0 Å². The van der Waals surface area contributed by atoms with Gasteiger partial charge in [0.05, 0.1) is 5.56 Å². The van der Waals surface area contributed by atoms with Crippen molar-refractivity contribution in [1.82, 2.24) is 5.32 Å². The van der Waals surface area contributed by atoms with E-state index in [9.17, 15) is 14.4 Å². The molecule has 0 saturated carbocycles. The summed E-state index contributed by atoms with van der Waals surface area (Å²) in [6.07, 6.45) is 9.05. The first kappa shape index (κ1) is 21.7. The van der Waals surface area contributed by atoms with E-state index in [4.69, 9.17) is 4.74 Å². The third-order valence-corrected chi connectivity index (χ3v) is 4.63. The summed E-state index contributed by atoms with van der Waals surface area (Å²) in [5, 5.41) is 5.61. The minimum absolute atomic E-state index is 0.0990. The Morgan fingerprint density at radius 2 is 1.96 bits per heavy atom. The lowest BCUT2D eigenvalue weighted by atomic mass is 9.97. The quantitative estimate of drug-likeness (QED) is 0.470. The van der Waals surface area contributed by atoms with Crippen LogP contribution >= 0.6 is 0 Å². The predicted octanol–water partition coefficient (Wildman–Crippen LogP) is 4.01.